The van der Waals surface area contributed by atoms with E-state index < -0.39 is 174 Å². The summed E-state index contributed by atoms with van der Waals surface area (Å²) in [6, 6.07) is 0. The minimum Gasteiger partial charge on any atom is -0.388 e. The van der Waals surface area contributed by atoms with Crippen molar-refractivity contribution < 1.29 is 124 Å². The van der Waals surface area contributed by atoms with Gasteiger partial charge in [-0.05, 0) is 0 Å². The van der Waals surface area contributed by atoms with Gasteiger partial charge in [0, 0.05) is 0 Å². The second-order valence-electron chi connectivity index (χ2n) is 14.1. The van der Waals surface area contributed by atoms with Crippen LogP contribution in [0.15, 0.2) is 0 Å². The van der Waals surface area contributed by atoms with Crippen LogP contribution in [0, 0.1) is 0 Å². The monoisotopic (exact) mass is 810 g/mol. The van der Waals surface area contributed by atoms with Gasteiger partial charge in [0.2, 0.25) is 0 Å². The van der Waals surface area contributed by atoms with Crippen LogP contribution in [-0.2, 0) is 52.1 Å². The average Bonchev–Trinajstić information content (AvgIpc) is 3.16. The Bertz CT molecular complexity index is 1120. The maximum absolute atomic E-state index is 10.8. The van der Waals surface area contributed by atoms with E-state index in [0.717, 1.165) is 0 Å². The number of hydrogen-bond acceptors (Lipinski definition) is 25. The van der Waals surface area contributed by atoms with E-state index >= 15 is 0 Å². The third-order valence-corrected chi connectivity index (χ3v) is 10.2. The van der Waals surface area contributed by atoms with Gasteiger partial charge in [0.05, 0.1) is 39.6 Å². The van der Waals surface area contributed by atoms with Gasteiger partial charge in [-0.3, -0.25) is 0 Å². The van der Waals surface area contributed by atoms with E-state index in [1.165, 1.54) is 0 Å². The molecule has 0 amide bonds. The molecule has 14 N–H and O–H groups in total. The van der Waals surface area contributed by atoms with Crippen LogP contribution in [0.2, 0.25) is 0 Å². The fraction of sp³-hybridized carbons (Fsp3) is 1.00. The summed E-state index contributed by atoms with van der Waals surface area (Å²) in [6.45, 7) is -2.52. The Morgan fingerprint density at radius 2 is 0.491 bits per heavy atom. The maximum atomic E-state index is 10.8. The van der Waals surface area contributed by atoms with Crippen LogP contribution in [0.25, 0.3) is 0 Å². The lowest BCUT2D eigenvalue weighted by Crippen LogP contribution is -2.63. The summed E-state index contributed by atoms with van der Waals surface area (Å²) in [5, 5.41) is 144. The first kappa shape index (κ1) is 43.6. The van der Waals surface area contributed by atoms with Gasteiger partial charge >= 0.3 is 0 Å². The normalized spacial score (nSPS) is 54.2. The second kappa shape index (κ2) is 18.5. The molecule has 55 heavy (non-hydrogen) atoms. The van der Waals surface area contributed by atoms with Crippen LogP contribution in [0.3, 0.4) is 0 Å². The molecule has 0 aliphatic carbocycles. The zero-order valence-electron chi connectivity index (χ0n) is 28.9. The lowest BCUT2D eigenvalue weighted by atomic mass is 10.0. The zero-order chi connectivity index (χ0) is 39.9. The topological polar surface area (TPSA) is 385 Å². The number of aliphatic hydroxyl groups excluding tert-OH is 14. The minimum atomic E-state index is -1.83. The van der Waals surface area contributed by atoms with Crippen molar-refractivity contribution in [2.75, 3.05) is 39.6 Å². The second-order valence-corrected chi connectivity index (χ2v) is 14.1. The number of ether oxygens (including phenoxy) is 11. The quantitative estimate of drug-likeness (QED) is 0.0974. The van der Waals surface area contributed by atoms with Crippen LogP contribution < -0.4 is 0 Å². The smallest absolute Gasteiger partial charge is 0.186 e. The molecule has 6 saturated heterocycles. The van der Waals surface area contributed by atoms with Crippen molar-refractivity contribution in [1.82, 2.24) is 0 Å². The van der Waals surface area contributed by atoms with Crippen molar-refractivity contribution in [2.45, 2.75) is 148 Å². The van der Waals surface area contributed by atoms with Crippen molar-refractivity contribution in [3.8, 4) is 0 Å². The molecule has 25 nitrogen and oxygen atoms in total. The molecule has 25 heteroatoms. The highest BCUT2D eigenvalue weighted by Crippen LogP contribution is 2.31. The van der Waals surface area contributed by atoms with E-state index in [4.69, 9.17) is 52.1 Å². The molecule has 6 aliphatic heterocycles. The summed E-state index contributed by atoms with van der Waals surface area (Å²) in [7, 11) is 0. The zero-order valence-corrected chi connectivity index (χ0v) is 28.9. The molecule has 6 fully saturated rings. The lowest BCUT2D eigenvalue weighted by molar-refractivity contribution is -0.365. The molecule has 0 aromatic carbocycles. The van der Waals surface area contributed by atoms with E-state index in [1.54, 1.807) is 0 Å². The summed E-state index contributed by atoms with van der Waals surface area (Å²) < 4.78 is 59.4. The van der Waals surface area contributed by atoms with Crippen LogP contribution in [0.1, 0.15) is 0 Å². The fourth-order valence-electron chi connectivity index (χ4n) is 6.69. The number of aliphatic hydroxyl groups is 14. The van der Waals surface area contributed by atoms with E-state index in [0.29, 0.717) is 0 Å². The highest BCUT2D eigenvalue weighted by Gasteiger charge is 2.51. The molecule has 6 unspecified atom stereocenters. The Morgan fingerprint density at radius 3 is 0.800 bits per heavy atom. The first-order valence-corrected chi connectivity index (χ1v) is 17.6. The Balaban J connectivity index is 0.936. The van der Waals surface area contributed by atoms with E-state index in [1.807, 2.05) is 0 Å². The van der Waals surface area contributed by atoms with Gasteiger partial charge in [0.1, 0.15) is 110 Å². The third kappa shape index (κ3) is 9.42. The molecule has 6 rings (SSSR count). The number of hydrogen-bond donors (Lipinski definition) is 14. The van der Waals surface area contributed by atoms with E-state index in [-0.39, 0.29) is 13.2 Å². The van der Waals surface area contributed by atoms with Crippen molar-refractivity contribution >= 4 is 0 Å². The first-order valence-electron chi connectivity index (χ1n) is 17.6. The number of rotatable bonds is 10. The Labute approximate surface area is 311 Å². The predicted molar refractivity (Wildman–Crippen MR) is 163 cm³/mol. The minimum absolute atomic E-state index is 0.365. The SMILES string of the molecule is OC1[C@H](O[C@@H]2CO[C@@H](O[C@@H]3CO[C@H](O[C@@H]4CO[C@H](O[C@@H]5CO[C@H](O[C@@H]6CO[C@@H](O)C(O)[C@H]6O)C(O)[C@H]5O)C(O)[C@H]4O)C(O)[C@H]3O)C(O)[C@H]2O)OC[C@@H](O)[C@@H]1O. The largest absolute Gasteiger partial charge is 0.388 e. The van der Waals surface area contributed by atoms with Crippen LogP contribution >= 0.6 is 0 Å². The molecule has 24 atom stereocenters. The average molecular weight is 811 g/mol. The van der Waals surface area contributed by atoms with Crippen molar-refractivity contribution in [3.63, 3.8) is 0 Å². The van der Waals surface area contributed by atoms with Gasteiger partial charge in [-0.15, -0.1) is 0 Å². The summed E-state index contributed by atoms with van der Waals surface area (Å²) >= 11 is 0. The standard InChI is InChI=1S/C30H50O25/c31-7-1-46-26(20(39)13(7)32)52-9-3-48-28(22(41)15(9)34)54-11-5-50-30(24(43)17(11)36)55-12-6-49-29(23(42)18(12)37)53-10-4-47-27(21(40)16(10)35)51-8-2-45-25(44)19(38)14(8)33/h7-44H,1-6H2/t7-,8-,9-,10-,11-,12-,13+,14+,15+,16+,17+,18+,19?,20?,21?,22?,23?,24?,25-,26+,27-,28+,29-,30-/m1/s1. The molecule has 320 valence electrons. The Kier molecular flexibility index (Phi) is 14.7. The molecule has 0 bridgehead atoms. The molecule has 0 radical (unpaired) electrons. The lowest BCUT2D eigenvalue weighted by Gasteiger charge is -2.45. The van der Waals surface area contributed by atoms with Gasteiger partial charge in [0.15, 0.2) is 37.7 Å². The van der Waals surface area contributed by atoms with Crippen molar-refractivity contribution in [1.29, 1.82) is 0 Å². The van der Waals surface area contributed by atoms with Crippen LogP contribution in [0.5, 0.6) is 0 Å². The predicted octanol–water partition coefficient (Wildman–Crippen LogP) is -10.3. The van der Waals surface area contributed by atoms with Gasteiger partial charge in [-0.2, -0.15) is 0 Å². The molecular formula is C30H50O25. The van der Waals surface area contributed by atoms with Crippen LogP contribution in [0.4, 0.5) is 0 Å². The Morgan fingerprint density at radius 1 is 0.255 bits per heavy atom. The molecular weight excluding hydrogens is 760 g/mol. The summed E-state index contributed by atoms with van der Waals surface area (Å²) in [5.74, 6) is 0. The van der Waals surface area contributed by atoms with E-state index in [2.05, 4.69) is 0 Å². The van der Waals surface area contributed by atoms with Crippen molar-refractivity contribution in [2.24, 2.45) is 0 Å². The molecule has 0 aromatic rings. The summed E-state index contributed by atoms with van der Waals surface area (Å²) in [4.78, 5) is 0. The van der Waals surface area contributed by atoms with Crippen molar-refractivity contribution in [3.05, 3.63) is 0 Å². The van der Waals surface area contributed by atoms with Gasteiger partial charge in [-0.1, -0.05) is 0 Å². The van der Waals surface area contributed by atoms with Gasteiger partial charge < -0.3 is 124 Å². The molecule has 6 heterocycles. The Hall–Kier alpha value is -1.00. The molecule has 0 spiro atoms. The summed E-state index contributed by atoms with van der Waals surface area (Å²) in [6.07, 6.45) is -37.9. The highest BCUT2D eigenvalue weighted by molar-refractivity contribution is 4.93. The maximum Gasteiger partial charge on any atom is 0.186 e. The molecule has 0 aromatic heterocycles. The summed E-state index contributed by atoms with van der Waals surface area (Å²) in [5.41, 5.74) is 0. The van der Waals surface area contributed by atoms with Gasteiger partial charge in [0.25, 0.3) is 0 Å². The van der Waals surface area contributed by atoms with Gasteiger partial charge in [-0.25, -0.2) is 0 Å². The molecule has 0 saturated carbocycles. The third-order valence-electron chi connectivity index (χ3n) is 10.2. The van der Waals surface area contributed by atoms with Crippen LogP contribution in [-0.4, -0.2) is 259 Å². The molecule has 6 aliphatic rings. The van der Waals surface area contributed by atoms with E-state index in [9.17, 15) is 71.5 Å². The highest BCUT2D eigenvalue weighted by atomic mass is 16.8. The first-order chi connectivity index (χ1) is 26.1. The fourth-order valence-corrected chi connectivity index (χ4v) is 6.69.